The maximum absolute atomic E-state index is 13.7. The first kappa shape index (κ1) is 22.0. The van der Waals surface area contributed by atoms with Gasteiger partial charge in [0.15, 0.2) is 9.84 Å². The van der Waals surface area contributed by atoms with Crippen LogP contribution in [0.15, 0.2) is 83.8 Å². The Morgan fingerprint density at radius 3 is 2.19 bits per heavy atom. The highest BCUT2D eigenvalue weighted by Crippen LogP contribution is 2.30. The van der Waals surface area contributed by atoms with Crippen molar-refractivity contribution in [3.05, 3.63) is 84.4 Å². The quantitative estimate of drug-likeness (QED) is 0.390. The number of aryl methyl sites for hydroxylation is 1. The second kappa shape index (κ2) is 8.70. The number of hydrogen-bond acceptors (Lipinski definition) is 5. The Labute approximate surface area is 187 Å². The van der Waals surface area contributed by atoms with Crippen molar-refractivity contribution in [2.24, 2.45) is 11.5 Å². The van der Waals surface area contributed by atoms with Crippen LogP contribution in [0.2, 0.25) is 0 Å². The molecule has 0 aliphatic rings. The van der Waals surface area contributed by atoms with Gasteiger partial charge in [-0.2, -0.15) is 0 Å². The van der Waals surface area contributed by atoms with E-state index in [0.717, 1.165) is 21.7 Å². The maximum atomic E-state index is 13.7. The van der Waals surface area contributed by atoms with Crippen molar-refractivity contribution < 1.29 is 13.2 Å². The molecule has 6 nitrogen and oxygen atoms in total. The molecule has 1 atom stereocenters. The van der Waals surface area contributed by atoms with E-state index in [1.807, 2.05) is 55.5 Å². The van der Waals surface area contributed by atoms with Crippen LogP contribution in [-0.4, -0.2) is 25.7 Å². The minimum atomic E-state index is -4.08. The van der Waals surface area contributed by atoms with Gasteiger partial charge in [0.2, 0.25) is 5.91 Å². The zero-order valence-electron chi connectivity index (χ0n) is 17.7. The number of carbonyl (C=O) groups excluding carboxylic acids is 1. The Hall–Kier alpha value is -3.26. The van der Waals surface area contributed by atoms with E-state index in [1.165, 1.54) is 0 Å². The van der Waals surface area contributed by atoms with Crippen molar-refractivity contribution in [3.63, 3.8) is 0 Å². The van der Waals surface area contributed by atoms with Gasteiger partial charge in [-0.1, -0.05) is 66.7 Å². The number of amides is 1. The molecule has 0 spiro atoms. The van der Waals surface area contributed by atoms with E-state index in [2.05, 4.69) is 5.32 Å². The third-order valence-corrected chi connectivity index (χ3v) is 7.73. The molecular weight excluding hydrogens is 422 g/mol. The minimum absolute atomic E-state index is 0.0948. The number of carbonyl (C=O) groups is 1. The highest BCUT2D eigenvalue weighted by atomic mass is 32.2. The molecule has 0 saturated heterocycles. The second-order valence-electron chi connectivity index (χ2n) is 7.88. The largest absolute Gasteiger partial charge is 0.324 e. The molecule has 1 amide bonds. The molecule has 0 bridgehead atoms. The predicted octanol–water partition coefficient (Wildman–Crippen LogP) is 3.72. The average molecular weight is 448 g/mol. The van der Waals surface area contributed by atoms with Crippen LogP contribution < -0.4 is 16.8 Å². The molecule has 0 radical (unpaired) electrons. The van der Waals surface area contributed by atoms with E-state index in [4.69, 9.17) is 11.5 Å². The lowest BCUT2D eigenvalue weighted by atomic mass is 10.1. The van der Waals surface area contributed by atoms with Gasteiger partial charge in [0.25, 0.3) is 0 Å². The normalized spacial score (nSPS) is 12.9. The van der Waals surface area contributed by atoms with E-state index < -0.39 is 27.2 Å². The average Bonchev–Trinajstić information content (AvgIpc) is 2.77. The van der Waals surface area contributed by atoms with Crippen LogP contribution in [0.3, 0.4) is 0 Å². The van der Waals surface area contributed by atoms with Crippen molar-refractivity contribution in [2.75, 3.05) is 5.32 Å². The van der Waals surface area contributed by atoms with Gasteiger partial charge in [-0.15, -0.1) is 0 Å². The number of anilines is 1. The molecule has 0 heterocycles. The van der Waals surface area contributed by atoms with Crippen molar-refractivity contribution in [1.29, 1.82) is 0 Å². The summed E-state index contributed by atoms with van der Waals surface area (Å²) in [5, 5.41) is 4.50. The number of fused-ring (bicyclic) bond motifs is 2. The summed E-state index contributed by atoms with van der Waals surface area (Å²) < 4.78 is 27.4. The van der Waals surface area contributed by atoms with Gasteiger partial charge in [-0.25, -0.2) is 8.42 Å². The smallest absolute Gasteiger partial charge is 0.243 e. The number of nitrogens with two attached hydrogens (primary N) is 2. The van der Waals surface area contributed by atoms with E-state index in [1.54, 1.807) is 30.3 Å². The molecule has 4 rings (SSSR count). The molecule has 32 heavy (non-hydrogen) atoms. The molecule has 1 unspecified atom stereocenters. The van der Waals surface area contributed by atoms with Crippen LogP contribution in [0, 0.1) is 6.92 Å². The molecule has 0 aliphatic heterocycles. The Morgan fingerprint density at radius 1 is 0.844 bits per heavy atom. The molecule has 4 aromatic rings. The van der Waals surface area contributed by atoms with Gasteiger partial charge in [0.1, 0.15) is 5.25 Å². The molecule has 0 saturated carbocycles. The van der Waals surface area contributed by atoms with Gasteiger partial charge in [-0.05, 0) is 35.4 Å². The number of nitrogens with one attached hydrogen (secondary N) is 1. The molecule has 164 valence electrons. The summed E-state index contributed by atoms with van der Waals surface area (Å²) >= 11 is 0. The predicted molar refractivity (Wildman–Crippen MR) is 129 cm³/mol. The highest BCUT2D eigenvalue weighted by Gasteiger charge is 2.36. The van der Waals surface area contributed by atoms with Gasteiger partial charge < -0.3 is 16.8 Å². The number of hydrogen-bond donors (Lipinski definition) is 3. The Morgan fingerprint density at radius 2 is 1.47 bits per heavy atom. The Kier molecular flexibility index (Phi) is 5.97. The van der Waals surface area contributed by atoms with Crippen LogP contribution in [-0.2, 0) is 14.6 Å². The van der Waals surface area contributed by atoms with Crippen molar-refractivity contribution in [1.82, 2.24) is 0 Å². The maximum Gasteiger partial charge on any atom is 0.243 e. The lowest BCUT2D eigenvalue weighted by molar-refractivity contribution is -0.116. The van der Waals surface area contributed by atoms with Crippen molar-refractivity contribution in [3.8, 4) is 0 Å². The number of benzene rings is 4. The fourth-order valence-corrected chi connectivity index (χ4v) is 5.86. The topological polar surface area (TPSA) is 115 Å². The summed E-state index contributed by atoms with van der Waals surface area (Å²) in [5.74, 6) is -0.660. The summed E-state index contributed by atoms with van der Waals surface area (Å²) in [6, 6.07) is 23.6. The number of sulfone groups is 1. The van der Waals surface area contributed by atoms with Crippen LogP contribution in [0.1, 0.15) is 12.0 Å². The van der Waals surface area contributed by atoms with Gasteiger partial charge >= 0.3 is 0 Å². The first-order valence-corrected chi connectivity index (χ1v) is 11.9. The monoisotopic (exact) mass is 447 g/mol. The van der Waals surface area contributed by atoms with Crippen LogP contribution >= 0.6 is 0 Å². The highest BCUT2D eigenvalue weighted by molar-refractivity contribution is 7.93. The first-order chi connectivity index (χ1) is 15.3. The van der Waals surface area contributed by atoms with Crippen molar-refractivity contribution in [2.45, 2.75) is 29.7 Å². The molecule has 7 heteroatoms. The fourth-order valence-electron chi connectivity index (χ4n) is 3.99. The van der Waals surface area contributed by atoms with E-state index >= 15 is 0 Å². The summed E-state index contributed by atoms with van der Waals surface area (Å²) in [7, 11) is -4.08. The van der Waals surface area contributed by atoms with E-state index in [9.17, 15) is 13.2 Å². The zero-order chi connectivity index (χ0) is 22.9. The van der Waals surface area contributed by atoms with Gasteiger partial charge in [-0.3, -0.25) is 4.79 Å². The number of rotatable bonds is 6. The Balaban J connectivity index is 1.78. The summed E-state index contributed by atoms with van der Waals surface area (Å²) in [6.07, 6.45) is -1.18. The van der Waals surface area contributed by atoms with Crippen molar-refractivity contribution >= 4 is 43.0 Å². The summed E-state index contributed by atoms with van der Waals surface area (Å²) in [5.41, 5.74) is 13.0. The van der Waals surface area contributed by atoms with Gasteiger partial charge in [0, 0.05) is 22.9 Å². The zero-order valence-corrected chi connectivity index (χ0v) is 18.5. The third kappa shape index (κ3) is 4.10. The SMILES string of the molecule is Cc1ccc(S(=O)(=O)C(CC(N)N)C(=O)Nc2cccc3ccccc23)c2ccccc12. The molecule has 5 N–H and O–H groups in total. The molecule has 0 fully saturated rings. The second-order valence-corrected chi connectivity index (χ2v) is 9.97. The molecular formula is C25H25N3O3S. The van der Waals surface area contributed by atoms with E-state index in [0.29, 0.717) is 11.1 Å². The van der Waals surface area contributed by atoms with Crippen LogP contribution in [0.25, 0.3) is 21.5 Å². The first-order valence-electron chi connectivity index (χ1n) is 10.3. The Bertz CT molecular complexity index is 1410. The lowest BCUT2D eigenvalue weighted by Gasteiger charge is -2.21. The fraction of sp³-hybridized carbons (Fsp3) is 0.160. The third-order valence-electron chi connectivity index (χ3n) is 5.61. The standard InChI is InChI=1S/C25H25N3O3S/c1-16-13-14-22(20-11-5-4-9-18(16)20)32(30,31)23(15-24(26)27)25(29)28-21-12-6-8-17-7-2-3-10-19(17)21/h2-14,23-24H,15,26-27H2,1H3,(H,28,29). The molecule has 0 aliphatic carbocycles. The summed E-state index contributed by atoms with van der Waals surface area (Å²) in [4.78, 5) is 13.4. The summed E-state index contributed by atoms with van der Waals surface area (Å²) in [6.45, 7) is 1.92. The van der Waals surface area contributed by atoms with E-state index in [-0.39, 0.29) is 11.3 Å². The van der Waals surface area contributed by atoms with Gasteiger partial charge in [0.05, 0.1) is 11.1 Å². The minimum Gasteiger partial charge on any atom is -0.324 e. The lowest BCUT2D eigenvalue weighted by Crippen LogP contribution is -2.43. The molecule has 0 aromatic heterocycles. The van der Waals surface area contributed by atoms with Crippen LogP contribution in [0.5, 0.6) is 0 Å². The van der Waals surface area contributed by atoms with Crippen LogP contribution in [0.4, 0.5) is 5.69 Å². The molecule has 4 aromatic carbocycles.